The minimum Gasteiger partial charge on any atom is -0.491 e. The van der Waals surface area contributed by atoms with Gasteiger partial charge in [0.15, 0.2) is 5.82 Å². The minimum atomic E-state index is -0.303. The molecular formula is C23H26FN5O2. The number of likely N-dealkylation sites (tertiary alicyclic amines) is 1. The number of pyridine rings is 2. The Morgan fingerprint density at radius 1 is 1.29 bits per heavy atom. The van der Waals surface area contributed by atoms with E-state index < -0.39 is 0 Å². The number of aromatic nitrogens is 3. The van der Waals surface area contributed by atoms with E-state index in [2.05, 4.69) is 20.3 Å². The molecule has 0 aromatic carbocycles. The lowest BCUT2D eigenvalue weighted by Gasteiger charge is -2.38. The summed E-state index contributed by atoms with van der Waals surface area (Å²) in [6, 6.07) is 7.92. The van der Waals surface area contributed by atoms with E-state index in [-0.39, 0.29) is 18.5 Å². The predicted octanol–water partition coefficient (Wildman–Crippen LogP) is 3.33. The zero-order chi connectivity index (χ0) is 21.4. The topological polar surface area (TPSA) is 71.8 Å². The molecule has 1 aliphatic heterocycles. The average molecular weight is 423 g/mol. The number of amides is 1. The number of carbonyl (C=O) groups is 1. The van der Waals surface area contributed by atoms with E-state index >= 15 is 0 Å². The molecular weight excluding hydrogens is 397 g/mol. The highest BCUT2D eigenvalue weighted by Gasteiger charge is 2.30. The van der Waals surface area contributed by atoms with Crippen molar-refractivity contribution < 1.29 is 13.9 Å². The van der Waals surface area contributed by atoms with Crippen molar-refractivity contribution in [2.24, 2.45) is 11.8 Å². The highest BCUT2D eigenvalue weighted by molar-refractivity contribution is 5.93. The number of hydrogen-bond acceptors (Lipinski definition) is 5. The second kappa shape index (κ2) is 8.26. The van der Waals surface area contributed by atoms with Crippen molar-refractivity contribution >= 4 is 17.2 Å². The van der Waals surface area contributed by atoms with Crippen LogP contribution in [-0.4, -0.2) is 58.3 Å². The third-order valence-corrected chi connectivity index (χ3v) is 5.89. The summed E-state index contributed by atoms with van der Waals surface area (Å²) in [6.45, 7) is 4.49. The van der Waals surface area contributed by atoms with Gasteiger partial charge in [-0.2, -0.15) is 5.10 Å². The molecule has 2 aliphatic rings. The molecule has 0 bridgehead atoms. The number of nitrogens with zero attached hydrogens (tertiary/aromatic N) is 4. The van der Waals surface area contributed by atoms with Crippen LogP contribution in [0, 0.1) is 18.8 Å². The maximum absolute atomic E-state index is 12.4. The van der Waals surface area contributed by atoms with Crippen LogP contribution in [0.25, 0.3) is 16.6 Å². The van der Waals surface area contributed by atoms with Crippen LogP contribution < -0.4 is 10.1 Å². The smallest absolute Gasteiger partial charge is 0.228 e. The van der Waals surface area contributed by atoms with Gasteiger partial charge < -0.3 is 10.1 Å². The Morgan fingerprint density at radius 2 is 2.13 bits per heavy atom. The summed E-state index contributed by atoms with van der Waals surface area (Å²) in [5.41, 5.74) is 3.77. The molecule has 31 heavy (non-hydrogen) atoms. The number of aryl methyl sites for hydroxylation is 1. The van der Waals surface area contributed by atoms with E-state index in [0.717, 1.165) is 54.0 Å². The zero-order valence-corrected chi connectivity index (χ0v) is 17.6. The number of anilines is 1. The van der Waals surface area contributed by atoms with Gasteiger partial charge in [0.1, 0.15) is 12.4 Å². The predicted molar refractivity (Wildman–Crippen MR) is 116 cm³/mol. The molecule has 0 unspecified atom stereocenters. The van der Waals surface area contributed by atoms with Crippen LogP contribution in [0.3, 0.4) is 0 Å². The number of carbonyl (C=O) groups excluding carboxylic acids is 1. The van der Waals surface area contributed by atoms with Gasteiger partial charge >= 0.3 is 0 Å². The molecule has 3 aromatic heterocycles. The van der Waals surface area contributed by atoms with E-state index in [1.807, 2.05) is 37.4 Å². The molecule has 5 rings (SSSR count). The molecule has 1 aliphatic carbocycles. The first-order valence-corrected chi connectivity index (χ1v) is 10.8. The Balaban J connectivity index is 1.33. The van der Waals surface area contributed by atoms with Crippen molar-refractivity contribution in [2.45, 2.75) is 19.8 Å². The van der Waals surface area contributed by atoms with Gasteiger partial charge in [-0.25, -0.2) is 8.91 Å². The standard InChI is InChI=1S/C23H26FN5O2/c1-15-8-20(21(11-25-15)31-14-16-12-28(13-16)7-5-24)18-4-6-29-19(9-18)10-22(27-29)26-23(30)17-2-3-17/h4,6,8-11,16-17H,2-3,5,7,12-14H2,1H3,(H,26,27,30). The van der Waals surface area contributed by atoms with Crippen LogP contribution in [0.1, 0.15) is 18.5 Å². The van der Waals surface area contributed by atoms with Gasteiger partial charge in [0.05, 0.1) is 18.3 Å². The molecule has 1 amide bonds. The number of hydrogen-bond donors (Lipinski definition) is 1. The van der Waals surface area contributed by atoms with Crippen molar-refractivity contribution in [2.75, 3.05) is 38.2 Å². The van der Waals surface area contributed by atoms with Crippen molar-refractivity contribution in [3.05, 3.63) is 42.4 Å². The molecule has 1 N–H and O–H groups in total. The first-order valence-electron chi connectivity index (χ1n) is 10.8. The average Bonchev–Trinajstić information content (AvgIpc) is 3.50. The Bertz CT molecular complexity index is 1100. The maximum atomic E-state index is 12.4. The fraction of sp³-hybridized carbons (Fsp3) is 0.435. The first kappa shape index (κ1) is 19.9. The summed E-state index contributed by atoms with van der Waals surface area (Å²) in [4.78, 5) is 18.5. The lowest BCUT2D eigenvalue weighted by molar-refractivity contribution is -0.117. The van der Waals surface area contributed by atoms with E-state index in [9.17, 15) is 9.18 Å². The minimum absolute atomic E-state index is 0.0464. The molecule has 8 heteroatoms. The highest BCUT2D eigenvalue weighted by Crippen LogP contribution is 2.33. The van der Waals surface area contributed by atoms with Crippen LogP contribution in [0.4, 0.5) is 10.2 Å². The number of nitrogens with one attached hydrogen (secondary N) is 1. The van der Waals surface area contributed by atoms with Gasteiger partial charge in [0.2, 0.25) is 5.91 Å². The normalized spacial score (nSPS) is 17.0. The van der Waals surface area contributed by atoms with Gasteiger partial charge in [-0.1, -0.05) is 0 Å². The molecule has 0 atom stereocenters. The SMILES string of the molecule is Cc1cc(-c2ccn3nc(NC(=O)C4CC4)cc3c2)c(OCC2CN(CCF)C2)cn1. The zero-order valence-electron chi connectivity index (χ0n) is 17.6. The van der Waals surface area contributed by atoms with E-state index in [1.54, 1.807) is 10.7 Å². The summed E-state index contributed by atoms with van der Waals surface area (Å²) in [5, 5.41) is 7.35. The van der Waals surface area contributed by atoms with Crippen LogP contribution in [0.15, 0.2) is 36.7 Å². The summed E-state index contributed by atoms with van der Waals surface area (Å²) in [5.74, 6) is 1.90. The molecule has 0 radical (unpaired) electrons. The Labute approximate surface area is 180 Å². The number of ether oxygens (including phenoxy) is 1. The second-order valence-corrected chi connectivity index (χ2v) is 8.53. The Hall–Kier alpha value is -3.00. The maximum Gasteiger partial charge on any atom is 0.228 e. The molecule has 1 saturated heterocycles. The molecule has 4 heterocycles. The molecule has 3 aromatic rings. The number of halogens is 1. The molecule has 162 valence electrons. The Kier molecular flexibility index (Phi) is 5.31. The van der Waals surface area contributed by atoms with Crippen LogP contribution in [0.2, 0.25) is 0 Å². The summed E-state index contributed by atoms with van der Waals surface area (Å²) in [7, 11) is 0. The fourth-order valence-electron chi connectivity index (χ4n) is 3.98. The largest absolute Gasteiger partial charge is 0.491 e. The number of alkyl halides is 1. The van der Waals surface area contributed by atoms with Crippen molar-refractivity contribution in [3.8, 4) is 16.9 Å². The van der Waals surface area contributed by atoms with Crippen LogP contribution >= 0.6 is 0 Å². The van der Waals surface area contributed by atoms with E-state index in [0.29, 0.717) is 24.9 Å². The van der Waals surface area contributed by atoms with E-state index in [4.69, 9.17) is 4.74 Å². The molecule has 0 spiro atoms. The van der Waals surface area contributed by atoms with Gasteiger partial charge in [0.25, 0.3) is 0 Å². The van der Waals surface area contributed by atoms with Crippen molar-refractivity contribution in [1.82, 2.24) is 19.5 Å². The second-order valence-electron chi connectivity index (χ2n) is 8.53. The first-order chi connectivity index (χ1) is 15.1. The van der Waals surface area contributed by atoms with Gasteiger partial charge in [-0.05, 0) is 43.5 Å². The van der Waals surface area contributed by atoms with Gasteiger partial charge in [-0.15, -0.1) is 0 Å². The summed E-state index contributed by atoms with van der Waals surface area (Å²) < 4.78 is 20.3. The lowest BCUT2D eigenvalue weighted by atomic mass is 10.0. The number of fused-ring (bicyclic) bond motifs is 1. The highest BCUT2D eigenvalue weighted by atomic mass is 19.1. The third-order valence-electron chi connectivity index (χ3n) is 5.89. The lowest BCUT2D eigenvalue weighted by Crippen LogP contribution is -2.49. The van der Waals surface area contributed by atoms with Crippen LogP contribution in [-0.2, 0) is 4.79 Å². The van der Waals surface area contributed by atoms with Gasteiger partial charge in [0, 0.05) is 55.0 Å². The molecule has 1 saturated carbocycles. The number of rotatable bonds is 8. The third kappa shape index (κ3) is 4.39. The summed E-state index contributed by atoms with van der Waals surface area (Å²) >= 11 is 0. The monoisotopic (exact) mass is 423 g/mol. The summed E-state index contributed by atoms with van der Waals surface area (Å²) in [6.07, 6.45) is 5.58. The molecule has 2 fully saturated rings. The van der Waals surface area contributed by atoms with Crippen molar-refractivity contribution in [3.63, 3.8) is 0 Å². The van der Waals surface area contributed by atoms with Crippen molar-refractivity contribution in [1.29, 1.82) is 0 Å². The van der Waals surface area contributed by atoms with Gasteiger partial charge in [-0.3, -0.25) is 14.7 Å². The van der Waals surface area contributed by atoms with Crippen LogP contribution in [0.5, 0.6) is 5.75 Å². The fourth-order valence-corrected chi connectivity index (χ4v) is 3.98. The Morgan fingerprint density at radius 3 is 2.90 bits per heavy atom. The quantitative estimate of drug-likeness (QED) is 0.602. The molecule has 7 nitrogen and oxygen atoms in total. The van der Waals surface area contributed by atoms with E-state index in [1.165, 1.54) is 0 Å².